The SMILES string of the molecule is CCOc1ccc(Nc2ncccc2Br)cc1F. The average molecular weight is 311 g/mol. The average Bonchev–Trinajstić information content (AvgIpc) is 2.36. The van der Waals surface area contributed by atoms with Gasteiger partial charge in [-0.2, -0.15) is 0 Å². The first-order valence-electron chi connectivity index (χ1n) is 5.50. The number of nitrogens with one attached hydrogen (secondary N) is 1. The lowest BCUT2D eigenvalue weighted by Gasteiger charge is -2.09. The van der Waals surface area contributed by atoms with Gasteiger partial charge in [-0.1, -0.05) is 0 Å². The Labute approximate surface area is 113 Å². The minimum absolute atomic E-state index is 0.253. The second-order valence-corrected chi connectivity index (χ2v) is 4.39. The van der Waals surface area contributed by atoms with Crippen molar-refractivity contribution in [2.24, 2.45) is 0 Å². The highest BCUT2D eigenvalue weighted by Crippen LogP contribution is 2.26. The van der Waals surface area contributed by atoms with Gasteiger partial charge in [-0.05, 0) is 47.1 Å². The fourth-order valence-corrected chi connectivity index (χ4v) is 1.82. The first-order valence-corrected chi connectivity index (χ1v) is 6.30. The zero-order valence-electron chi connectivity index (χ0n) is 9.78. The summed E-state index contributed by atoms with van der Waals surface area (Å²) in [6, 6.07) is 8.40. The number of halogens is 2. The molecular formula is C13H12BrFN2O. The second-order valence-electron chi connectivity index (χ2n) is 3.54. The van der Waals surface area contributed by atoms with E-state index in [9.17, 15) is 4.39 Å². The molecule has 0 spiro atoms. The molecule has 0 saturated heterocycles. The summed E-state index contributed by atoms with van der Waals surface area (Å²) in [6.45, 7) is 2.26. The summed E-state index contributed by atoms with van der Waals surface area (Å²) in [5.41, 5.74) is 0.621. The van der Waals surface area contributed by atoms with E-state index in [1.807, 2.05) is 19.1 Å². The van der Waals surface area contributed by atoms with Crippen LogP contribution in [-0.2, 0) is 0 Å². The number of nitrogens with zero attached hydrogens (tertiary/aromatic N) is 1. The lowest BCUT2D eigenvalue weighted by molar-refractivity contribution is 0.321. The smallest absolute Gasteiger partial charge is 0.167 e. The van der Waals surface area contributed by atoms with Crippen LogP contribution in [0.4, 0.5) is 15.9 Å². The Morgan fingerprint density at radius 2 is 2.22 bits per heavy atom. The molecule has 1 aromatic carbocycles. The highest BCUT2D eigenvalue weighted by atomic mass is 79.9. The Hall–Kier alpha value is -1.62. The van der Waals surface area contributed by atoms with Crippen LogP contribution in [0.25, 0.3) is 0 Å². The molecule has 1 aromatic heterocycles. The molecule has 3 nitrogen and oxygen atoms in total. The van der Waals surface area contributed by atoms with Crippen molar-refractivity contribution in [3.05, 3.63) is 46.8 Å². The maximum absolute atomic E-state index is 13.6. The zero-order chi connectivity index (χ0) is 13.0. The quantitative estimate of drug-likeness (QED) is 0.922. The lowest BCUT2D eigenvalue weighted by atomic mass is 10.3. The fraction of sp³-hybridized carbons (Fsp3) is 0.154. The number of anilines is 2. The van der Waals surface area contributed by atoms with Gasteiger partial charge in [-0.15, -0.1) is 0 Å². The molecule has 0 bridgehead atoms. The van der Waals surface area contributed by atoms with E-state index in [1.54, 1.807) is 18.3 Å². The number of ether oxygens (including phenoxy) is 1. The van der Waals surface area contributed by atoms with Gasteiger partial charge in [0.2, 0.25) is 0 Å². The molecule has 0 aliphatic carbocycles. The van der Waals surface area contributed by atoms with Gasteiger partial charge in [-0.3, -0.25) is 0 Å². The first-order chi connectivity index (χ1) is 8.70. The molecule has 0 aliphatic heterocycles. The molecule has 18 heavy (non-hydrogen) atoms. The van der Waals surface area contributed by atoms with Gasteiger partial charge in [0, 0.05) is 18.0 Å². The molecular weight excluding hydrogens is 299 g/mol. The molecule has 0 amide bonds. The van der Waals surface area contributed by atoms with E-state index >= 15 is 0 Å². The van der Waals surface area contributed by atoms with Gasteiger partial charge in [0.15, 0.2) is 11.6 Å². The Bertz CT molecular complexity index is 548. The molecule has 2 rings (SSSR count). The van der Waals surface area contributed by atoms with Crippen LogP contribution in [0.2, 0.25) is 0 Å². The van der Waals surface area contributed by atoms with Gasteiger partial charge < -0.3 is 10.1 Å². The van der Waals surface area contributed by atoms with Gasteiger partial charge in [0.25, 0.3) is 0 Å². The Morgan fingerprint density at radius 3 is 2.89 bits per heavy atom. The summed E-state index contributed by atoms with van der Waals surface area (Å²) in [4.78, 5) is 4.15. The fourth-order valence-electron chi connectivity index (χ4n) is 1.47. The van der Waals surface area contributed by atoms with Crippen LogP contribution in [0, 0.1) is 5.82 Å². The predicted octanol–water partition coefficient (Wildman–Crippen LogP) is 4.13. The van der Waals surface area contributed by atoms with Crippen LogP contribution in [0.15, 0.2) is 41.0 Å². The van der Waals surface area contributed by atoms with Crippen molar-refractivity contribution in [1.29, 1.82) is 0 Å². The summed E-state index contributed by atoms with van der Waals surface area (Å²) in [5.74, 6) is 0.498. The molecule has 0 radical (unpaired) electrons. The predicted molar refractivity (Wildman–Crippen MR) is 72.8 cm³/mol. The highest BCUT2D eigenvalue weighted by molar-refractivity contribution is 9.10. The van der Waals surface area contributed by atoms with Crippen LogP contribution in [0.1, 0.15) is 6.92 Å². The monoisotopic (exact) mass is 310 g/mol. The maximum atomic E-state index is 13.6. The van der Waals surface area contributed by atoms with Crippen molar-refractivity contribution < 1.29 is 9.13 Å². The van der Waals surface area contributed by atoms with E-state index in [4.69, 9.17) is 4.74 Å². The minimum atomic E-state index is -0.395. The maximum Gasteiger partial charge on any atom is 0.167 e. The number of pyridine rings is 1. The lowest BCUT2D eigenvalue weighted by Crippen LogP contribution is -1.97. The van der Waals surface area contributed by atoms with Crippen LogP contribution >= 0.6 is 15.9 Å². The number of hydrogen-bond acceptors (Lipinski definition) is 3. The first kappa shape index (κ1) is 12.8. The number of aromatic nitrogens is 1. The summed E-state index contributed by atoms with van der Waals surface area (Å²) in [5, 5.41) is 3.03. The largest absolute Gasteiger partial charge is 0.491 e. The van der Waals surface area contributed by atoms with Crippen molar-refractivity contribution in [2.75, 3.05) is 11.9 Å². The molecule has 0 atom stereocenters. The van der Waals surface area contributed by atoms with E-state index in [0.717, 1.165) is 4.47 Å². The third-order valence-electron chi connectivity index (χ3n) is 2.25. The molecule has 0 fully saturated rings. The summed E-state index contributed by atoms with van der Waals surface area (Å²) >= 11 is 3.37. The minimum Gasteiger partial charge on any atom is -0.491 e. The highest BCUT2D eigenvalue weighted by Gasteiger charge is 2.06. The van der Waals surface area contributed by atoms with Crippen molar-refractivity contribution in [2.45, 2.75) is 6.92 Å². The second kappa shape index (κ2) is 5.82. The molecule has 94 valence electrons. The topological polar surface area (TPSA) is 34.1 Å². The molecule has 5 heteroatoms. The van der Waals surface area contributed by atoms with Gasteiger partial charge >= 0.3 is 0 Å². The third-order valence-corrected chi connectivity index (χ3v) is 2.89. The van der Waals surface area contributed by atoms with Crippen LogP contribution in [-0.4, -0.2) is 11.6 Å². The van der Waals surface area contributed by atoms with Crippen molar-refractivity contribution in [3.8, 4) is 5.75 Å². The Kier molecular flexibility index (Phi) is 4.15. The van der Waals surface area contributed by atoms with Crippen LogP contribution in [0.5, 0.6) is 5.75 Å². The molecule has 0 aliphatic rings. The standard InChI is InChI=1S/C13H12BrFN2O/c1-2-18-12-6-5-9(8-11(12)15)17-13-10(14)4-3-7-16-13/h3-8H,2H2,1H3,(H,16,17). The van der Waals surface area contributed by atoms with Crippen molar-refractivity contribution in [1.82, 2.24) is 4.98 Å². The third kappa shape index (κ3) is 2.98. The van der Waals surface area contributed by atoms with E-state index < -0.39 is 5.82 Å². The van der Waals surface area contributed by atoms with Crippen LogP contribution < -0.4 is 10.1 Å². The van der Waals surface area contributed by atoms with Crippen molar-refractivity contribution >= 4 is 27.4 Å². The van der Waals surface area contributed by atoms with Crippen LogP contribution in [0.3, 0.4) is 0 Å². The van der Waals surface area contributed by atoms with Gasteiger partial charge in [-0.25, -0.2) is 9.37 Å². The summed E-state index contributed by atoms with van der Waals surface area (Å²) in [7, 11) is 0. The molecule has 2 aromatic rings. The zero-order valence-corrected chi connectivity index (χ0v) is 11.4. The van der Waals surface area contributed by atoms with Crippen molar-refractivity contribution in [3.63, 3.8) is 0 Å². The Balaban J connectivity index is 2.20. The number of benzene rings is 1. The number of hydrogen-bond donors (Lipinski definition) is 1. The van der Waals surface area contributed by atoms with E-state index in [0.29, 0.717) is 18.1 Å². The van der Waals surface area contributed by atoms with E-state index in [2.05, 4.69) is 26.2 Å². The molecule has 0 unspecified atom stereocenters. The Morgan fingerprint density at radius 1 is 1.39 bits per heavy atom. The number of rotatable bonds is 4. The van der Waals surface area contributed by atoms with E-state index in [1.165, 1.54) is 6.07 Å². The summed E-state index contributed by atoms with van der Waals surface area (Å²) < 4.78 is 19.6. The van der Waals surface area contributed by atoms with Gasteiger partial charge in [0.1, 0.15) is 5.82 Å². The normalized spacial score (nSPS) is 10.2. The summed E-state index contributed by atoms with van der Waals surface area (Å²) in [6.07, 6.45) is 1.66. The molecule has 1 heterocycles. The van der Waals surface area contributed by atoms with Gasteiger partial charge in [0.05, 0.1) is 11.1 Å². The molecule has 1 N–H and O–H groups in total. The van der Waals surface area contributed by atoms with E-state index in [-0.39, 0.29) is 5.75 Å². The molecule has 0 saturated carbocycles.